The summed E-state index contributed by atoms with van der Waals surface area (Å²) in [6.07, 6.45) is 1.83. The summed E-state index contributed by atoms with van der Waals surface area (Å²) >= 11 is 0. The number of amides is 1. The second-order valence-electron chi connectivity index (χ2n) is 5.69. The largest absolute Gasteiger partial charge is 0.507 e. The molecule has 1 saturated heterocycles. The Balaban J connectivity index is 1.84. The first kappa shape index (κ1) is 15.7. The summed E-state index contributed by atoms with van der Waals surface area (Å²) in [5.74, 6) is -1.45. The van der Waals surface area contributed by atoms with E-state index in [1.54, 1.807) is 0 Å². The Hall–Kier alpha value is -1.66. The number of aromatic hydroxyl groups is 1. The number of carbonyl (C=O) groups excluding carboxylic acids is 1. The monoisotopic (exact) mass is 296 g/mol. The van der Waals surface area contributed by atoms with Crippen LogP contribution in [0.25, 0.3) is 0 Å². The van der Waals surface area contributed by atoms with Crippen molar-refractivity contribution in [2.45, 2.75) is 24.9 Å². The van der Waals surface area contributed by atoms with Gasteiger partial charge < -0.3 is 20.4 Å². The van der Waals surface area contributed by atoms with Gasteiger partial charge in [-0.05, 0) is 38.4 Å². The molecule has 2 rings (SSSR count). The van der Waals surface area contributed by atoms with Crippen LogP contribution in [-0.4, -0.2) is 53.3 Å². The molecule has 1 heterocycles. The lowest BCUT2D eigenvalue weighted by molar-refractivity contribution is -0.0214. The first-order chi connectivity index (χ1) is 9.89. The second kappa shape index (κ2) is 6.41. The maximum absolute atomic E-state index is 12.9. The second-order valence-corrected chi connectivity index (χ2v) is 5.69. The number of aliphatic hydroxyl groups is 1. The average molecular weight is 296 g/mol. The molecule has 0 aliphatic carbocycles. The molecule has 0 atom stereocenters. The predicted octanol–water partition coefficient (Wildman–Crippen LogP) is 1.11. The van der Waals surface area contributed by atoms with Crippen LogP contribution in [0.2, 0.25) is 0 Å². The fourth-order valence-corrected chi connectivity index (χ4v) is 2.49. The number of nitrogens with one attached hydrogen (secondary N) is 1. The molecule has 1 aromatic carbocycles. The van der Waals surface area contributed by atoms with Crippen molar-refractivity contribution in [1.82, 2.24) is 10.2 Å². The third kappa shape index (κ3) is 4.15. The fraction of sp³-hybridized carbons (Fsp3) is 0.533. The van der Waals surface area contributed by atoms with Crippen LogP contribution in [-0.2, 0) is 0 Å². The zero-order valence-electron chi connectivity index (χ0n) is 12.1. The van der Waals surface area contributed by atoms with E-state index in [0.29, 0.717) is 25.8 Å². The van der Waals surface area contributed by atoms with Gasteiger partial charge in [-0.1, -0.05) is 0 Å². The lowest BCUT2D eigenvalue weighted by atomic mass is 9.88. The number of likely N-dealkylation sites (tertiary alicyclic amines) is 1. The summed E-state index contributed by atoms with van der Waals surface area (Å²) in [4.78, 5) is 14.0. The maximum Gasteiger partial charge on any atom is 0.255 e. The van der Waals surface area contributed by atoms with Crippen LogP contribution in [0.5, 0.6) is 5.75 Å². The van der Waals surface area contributed by atoms with Crippen molar-refractivity contribution in [1.29, 1.82) is 0 Å². The molecule has 1 fully saturated rings. The molecule has 3 N–H and O–H groups in total. The van der Waals surface area contributed by atoms with Crippen molar-refractivity contribution in [3.05, 3.63) is 29.6 Å². The van der Waals surface area contributed by atoms with Crippen LogP contribution < -0.4 is 5.32 Å². The molecule has 116 valence electrons. The van der Waals surface area contributed by atoms with E-state index in [1.807, 2.05) is 7.05 Å². The molecule has 1 aromatic rings. The molecule has 5 nitrogen and oxygen atoms in total. The summed E-state index contributed by atoms with van der Waals surface area (Å²) in [6, 6.07) is 3.27. The third-order valence-corrected chi connectivity index (χ3v) is 4.00. The molecule has 6 heteroatoms. The van der Waals surface area contributed by atoms with Gasteiger partial charge in [-0.15, -0.1) is 0 Å². The van der Waals surface area contributed by atoms with Gasteiger partial charge in [-0.25, -0.2) is 4.39 Å². The number of nitrogens with zero attached hydrogens (tertiary/aromatic N) is 1. The van der Waals surface area contributed by atoms with Gasteiger partial charge in [0.15, 0.2) is 0 Å². The number of phenolic OH excluding ortho intramolecular Hbond substituents is 1. The van der Waals surface area contributed by atoms with Crippen molar-refractivity contribution in [3.63, 3.8) is 0 Å². The quantitative estimate of drug-likeness (QED) is 0.778. The number of rotatable bonds is 4. The Bertz CT molecular complexity index is 514. The smallest absolute Gasteiger partial charge is 0.255 e. The van der Waals surface area contributed by atoms with Crippen LogP contribution >= 0.6 is 0 Å². The zero-order chi connectivity index (χ0) is 15.5. The van der Waals surface area contributed by atoms with Crippen LogP contribution in [0, 0.1) is 5.82 Å². The van der Waals surface area contributed by atoms with Gasteiger partial charge in [0.05, 0.1) is 11.2 Å². The van der Waals surface area contributed by atoms with E-state index in [2.05, 4.69) is 10.2 Å². The number of halogens is 1. The molecule has 0 bridgehead atoms. The first-order valence-electron chi connectivity index (χ1n) is 7.07. The number of piperidine rings is 1. The Morgan fingerprint density at radius 3 is 2.71 bits per heavy atom. The maximum atomic E-state index is 12.9. The number of hydrogen-bond donors (Lipinski definition) is 3. The zero-order valence-corrected chi connectivity index (χ0v) is 12.1. The van der Waals surface area contributed by atoms with Crippen molar-refractivity contribution < 1.29 is 19.4 Å². The molecular formula is C15H21FN2O3. The predicted molar refractivity (Wildman–Crippen MR) is 76.7 cm³/mol. The minimum atomic E-state index is -0.745. The lowest BCUT2D eigenvalue weighted by Gasteiger charge is -2.36. The topological polar surface area (TPSA) is 72.8 Å². The molecule has 1 aliphatic rings. The van der Waals surface area contributed by atoms with Gasteiger partial charge in [0.25, 0.3) is 5.91 Å². The Morgan fingerprint density at radius 1 is 1.43 bits per heavy atom. The standard InChI is InChI=1S/C15H21FN2O3/c1-18-8-5-15(21,6-9-18)4-7-17-14(20)12-3-2-11(16)10-13(12)19/h2-3,10,19,21H,4-9H2,1H3,(H,17,20). The van der Waals surface area contributed by atoms with Crippen LogP contribution in [0.3, 0.4) is 0 Å². The van der Waals surface area contributed by atoms with Crippen molar-refractivity contribution in [2.75, 3.05) is 26.7 Å². The summed E-state index contributed by atoms with van der Waals surface area (Å²) in [5, 5.41) is 22.6. The summed E-state index contributed by atoms with van der Waals surface area (Å²) in [5.41, 5.74) is -0.711. The Kier molecular flexibility index (Phi) is 4.80. The summed E-state index contributed by atoms with van der Waals surface area (Å²) < 4.78 is 12.9. The molecular weight excluding hydrogens is 275 g/mol. The van der Waals surface area contributed by atoms with E-state index in [0.717, 1.165) is 25.2 Å². The van der Waals surface area contributed by atoms with E-state index in [4.69, 9.17) is 0 Å². The summed E-state index contributed by atoms with van der Waals surface area (Å²) in [6.45, 7) is 1.99. The van der Waals surface area contributed by atoms with Crippen molar-refractivity contribution >= 4 is 5.91 Å². The third-order valence-electron chi connectivity index (χ3n) is 4.00. The fourth-order valence-electron chi connectivity index (χ4n) is 2.49. The van der Waals surface area contributed by atoms with Crippen molar-refractivity contribution in [2.24, 2.45) is 0 Å². The van der Waals surface area contributed by atoms with Crippen LogP contribution in [0.4, 0.5) is 4.39 Å². The van der Waals surface area contributed by atoms with E-state index < -0.39 is 17.3 Å². The molecule has 21 heavy (non-hydrogen) atoms. The molecule has 1 amide bonds. The van der Waals surface area contributed by atoms with Gasteiger partial charge in [0, 0.05) is 25.7 Å². The van der Waals surface area contributed by atoms with E-state index in [-0.39, 0.29) is 11.3 Å². The minimum absolute atomic E-state index is 0.0340. The highest BCUT2D eigenvalue weighted by atomic mass is 19.1. The number of carbonyl (C=O) groups is 1. The van der Waals surface area contributed by atoms with E-state index in [9.17, 15) is 19.4 Å². The van der Waals surface area contributed by atoms with E-state index in [1.165, 1.54) is 6.07 Å². The molecule has 1 aliphatic heterocycles. The van der Waals surface area contributed by atoms with Gasteiger partial charge in [-0.2, -0.15) is 0 Å². The SMILES string of the molecule is CN1CCC(O)(CCNC(=O)c2ccc(F)cc2O)CC1. The van der Waals surface area contributed by atoms with Crippen LogP contribution in [0.1, 0.15) is 29.6 Å². The van der Waals surface area contributed by atoms with Crippen LogP contribution in [0.15, 0.2) is 18.2 Å². The highest BCUT2D eigenvalue weighted by Gasteiger charge is 2.30. The lowest BCUT2D eigenvalue weighted by Crippen LogP contribution is -2.44. The molecule has 0 spiro atoms. The average Bonchev–Trinajstić information content (AvgIpc) is 2.42. The molecule has 0 aromatic heterocycles. The highest BCUT2D eigenvalue weighted by molar-refractivity contribution is 5.96. The Morgan fingerprint density at radius 2 is 2.10 bits per heavy atom. The number of hydrogen-bond acceptors (Lipinski definition) is 4. The molecule has 0 radical (unpaired) electrons. The van der Waals surface area contributed by atoms with E-state index >= 15 is 0 Å². The van der Waals surface area contributed by atoms with Gasteiger partial charge in [0.1, 0.15) is 11.6 Å². The van der Waals surface area contributed by atoms with Gasteiger partial charge >= 0.3 is 0 Å². The summed E-state index contributed by atoms with van der Waals surface area (Å²) in [7, 11) is 2.01. The first-order valence-corrected chi connectivity index (χ1v) is 7.07. The van der Waals surface area contributed by atoms with Gasteiger partial charge in [-0.3, -0.25) is 4.79 Å². The number of benzene rings is 1. The Labute approximate surface area is 123 Å². The number of phenols is 1. The van der Waals surface area contributed by atoms with Crippen molar-refractivity contribution in [3.8, 4) is 5.75 Å². The molecule has 0 unspecified atom stereocenters. The highest BCUT2D eigenvalue weighted by Crippen LogP contribution is 2.24. The van der Waals surface area contributed by atoms with Gasteiger partial charge in [0.2, 0.25) is 0 Å². The molecule has 0 saturated carbocycles. The normalized spacial score (nSPS) is 18.4. The minimum Gasteiger partial charge on any atom is -0.507 e.